The molecule has 8 nitrogen and oxygen atoms in total. The number of aryl methyl sites for hydroxylation is 3. The highest BCUT2D eigenvalue weighted by atomic mass is 35.5. The Balaban J connectivity index is 1.31. The average Bonchev–Trinajstić information content (AvgIpc) is 3.45. The maximum atomic E-state index is 12.7. The number of carbonyl (C=O) groups excluding carboxylic acids is 2. The standard InChI is InChI=1S/C26H26ClN5O3/c1-16-13-17(2)32(31-16)18(3)26(34)30-22-10-9-20(14-21(22)27)29-24(33)11-12-25-28-15-23(35-25)19-7-5-4-6-8-19/h4-10,13-15,18H,11-12H2,1-3H3,(H,29,33)(H,30,34). The minimum absolute atomic E-state index is 0.199. The molecule has 2 N–H and O–H groups in total. The van der Waals surface area contributed by atoms with E-state index >= 15 is 0 Å². The Morgan fingerprint density at radius 2 is 1.86 bits per heavy atom. The zero-order valence-electron chi connectivity index (χ0n) is 19.7. The zero-order chi connectivity index (χ0) is 24.9. The molecule has 4 aromatic rings. The van der Waals surface area contributed by atoms with Crippen molar-refractivity contribution in [2.24, 2.45) is 0 Å². The molecule has 0 spiro atoms. The Morgan fingerprint density at radius 1 is 1.09 bits per heavy atom. The second kappa shape index (κ2) is 10.6. The molecule has 0 saturated carbocycles. The van der Waals surface area contributed by atoms with Gasteiger partial charge in [-0.25, -0.2) is 4.98 Å². The van der Waals surface area contributed by atoms with E-state index in [1.165, 1.54) is 0 Å². The van der Waals surface area contributed by atoms with Crippen LogP contribution in [0.15, 0.2) is 65.2 Å². The number of hydrogen-bond donors (Lipinski definition) is 2. The molecule has 0 fully saturated rings. The highest BCUT2D eigenvalue weighted by molar-refractivity contribution is 6.34. The number of halogens is 1. The Kier molecular flexibility index (Phi) is 7.31. The quantitative estimate of drug-likeness (QED) is 0.335. The van der Waals surface area contributed by atoms with Crippen molar-refractivity contribution in [2.45, 2.75) is 39.7 Å². The molecule has 1 atom stereocenters. The van der Waals surface area contributed by atoms with Crippen LogP contribution < -0.4 is 10.6 Å². The Hall–Kier alpha value is -3.91. The van der Waals surface area contributed by atoms with Gasteiger partial charge in [0.05, 0.1) is 22.6 Å². The van der Waals surface area contributed by atoms with E-state index in [1.54, 1.807) is 36.0 Å². The summed E-state index contributed by atoms with van der Waals surface area (Å²) in [6, 6.07) is 16.0. The van der Waals surface area contributed by atoms with Crippen molar-refractivity contribution in [3.63, 3.8) is 0 Å². The molecule has 0 aliphatic rings. The molecule has 9 heteroatoms. The number of nitrogens with one attached hydrogen (secondary N) is 2. The molecule has 2 aromatic heterocycles. The number of anilines is 2. The van der Waals surface area contributed by atoms with Crippen LogP contribution in [0.3, 0.4) is 0 Å². The van der Waals surface area contributed by atoms with Gasteiger partial charge in [-0.05, 0) is 45.0 Å². The van der Waals surface area contributed by atoms with Gasteiger partial charge < -0.3 is 15.1 Å². The third-order valence-corrected chi connectivity index (χ3v) is 5.79. The minimum atomic E-state index is -0.503. The van der Waals surface area contributed by atoms with E-state index in [4.69, 9.17) is 16.0 Å². The van der Waals surface area contributed by atoms with Gasteiger partial charge in [-0.2, -0.15) is 5.10 Å². The van der Waals surface area contributed by atoms with Crippen molar-refractivity contribution in [2.75, 3.05) is 10.6 Å². The van der Waals surface area contributed by atoms with Crippen LogP contribution >= 0.6 is 11.6 Å². The van der Waals surface area contributed by atoms with Crippen LogP contribution in [0.5, 0.6) is 0 Å². The molecular formula is C26H26ClN5O3. The van der Waals surface area contributed by atoms with Gasteiger partial charge in [-0.3, -0.25) is 14.3 Å². The lowest BCUT2D eigenvalue weighted by Crippen LogP contribution is -2.25. The van der Waals surface area contributed by atoms with Crippen LogP contribution in [-0.4, -0.2) is 26.6 Å². The average molecular weight is 492 g/mol. The lowest BCUT2D eigenvalue weighted by atomic mass is 10.2. The molecule has 35 heavy (non-hydrogen) atoms. The molecule has 2 heterocycles. The molecule has 0 aliphatic heterocycles. The number of amides is 2. The van der Waals surface area contributed by atoms with Crippen molar-refractivity contribution in [3.8, 4) is 11.3 Å². The first kappa shape index (κ1) is 24.2. The third kappa shape index (κ3) is 5.96. The number of hydrogen-bond acceptors (Lipinski definition) is 5. The highest BCUT2D eigenvalue weighted by Gasteiger charge is 2.19. The lowest BCUT2D eigenvalue weighted by Gasteiger charge is -2.16. The van der Waals surface area contributed by atoms with E-state index in [2.05, 4.69) is 20.7 Å². The topological polar surface area (TPSA) is 102 Å². The lowest BCUT2D eigenvalue weighted by molar-refractivity contribution is -0.119. The van der Waals surface area contributed by atoms with Crippen molar-refractivity contribution >= 4 is 34.8 Å². The monoisotopic (exact) mass is 491 g/mol. The van der Waals surface area contributed by atoms with Gasteiger partial charge in [0, 0.05) is 29.8 Å². The van der Waals surface area contributed by atoms with Gasteiger partial charge in [0.1, 0.15) is 6.04 Å². The van der Waals surface area contributed by atoms with Gasteiger partial charge >= 0.3 is 0 Å². The number of carbonyl (C=O) groups is 2. The fraction of sp³-hybridized carbons (Fsp3) is 0.231. The summed E-state index contributed by atoms with van der Waals surface area (Å²) >= 11 is 6.36. The summed E-state index contributed by atoms with van der Waals surface area (Å²) in [5.74, 6) is 0.718. The first-order valence-corrected chi connectivity index (χ1v) is 11.6. The Labute approximate surface area is 208 Å². The maximum absolute atomic E-state index is 12.7. The van der Waals surface area contributed by atoms with Crippen LogP contribution in [0.25, 0.3) is 11.3 Å². The first-order chi connectivity index (χ1) is 16.8. The summed E-state index contributed by atoms with van der Waals surface area (Å²) in [6.45, 7) is 5.55. The van der Waals surface area contributed by atoms with E-state index in [1.807, 2.05) is 50.2 Å². The second-order valence-electron chi connectivity index (χ2n) is 8.26. The van der Waals surface area contributed by atoms with Crippen LogP contribution in [0.1, 0.15) is 36.7 Å². The number of aromatic nitrogens is 3. The SMILES string of the molecule is Cc1cc(C)n(C(C)C(=O)Nc2ccc(NC(=O)CCc3ncc(-c4ccccc4)o3)cc2Cl)n1. The summed E-state index contributed by atoms with van der Waals surface area (Å²) < 4.78 is 7.41. The Morgan fingerprint density at radius 3 is 2.54 bits per heavy atom. The predicted octanol–water partition coefficient (Wildman–Crippen LogP) is 5.58. The molecule has 0 bridgehead atoms. The van der Waals surface area contributed by atoms with Gasteiger partial charge in [-0.1, -0.05) is 41.9 Å². The van der Waals surface area contributed by atoms with Crippen LogP contribution in [0, 0.1) is 13.8 Å². The number of benzene rings is 2. The molecule has 180 valence electrons. The molecule has 0 saturated heterocycles. The van der Waals surface area contributed by atoms with Gasteiger partial charge in [0.15, 0.2) is 11.7 Å². The molecule has 4 rings (SSSR count). The predicted molar refractivity (Wildman–Crippen MR) is 135 cm³/mol. The summed E-state index contributed by atoms with van der Waals surface area (Å²) in [5.41, 5.74) is 3.66. The second-order valence-corrected chi connectivity index (χ2v) is 8.67. The number of oxazole rings is 1. The van der Waals surface area contributed by atoms with E-state index in [0.29, 0.717) is 34.5 Å². The van der Waals surface area contributed by atoms with E-state index < -0.39 is 6.04 Å². The fourth-order valence-corrected chi connectivity index (χ4v) is 3.91. The summed E-state index contributed by atoms with van der Waals surface area (Å²) in [4.78, 5) is 29.4. The minimum Gasteiger partial charge on any atom is -0.441 e. The zero-order valence-corrected chi connectivity index (χ0v) is 20.5. The molecule has 2 aromatic carbocycles. The molecule has 0 radical (unpaired) electrons. The van der Waals surface area contributed by atoms with Crippen molar-refractivity contribution in [3.05, 3.63) is 83.1 Å². The van der Waals surface area contributed by atoms with E-state index in [9.17, 15) is 9.59 Å². The van der Waals surface area contributed by atoms with E-state index in [0.717, 1.165) is 17.0 Å². The third-order valence-electron chi connectivity index (χ3n) is 5.48. The number of rotatable bonds is 8. The van der Waals surface area contributed by atoms with Gasteiger partial charge in [-0.15, -0.1) is 0 Å². The van der Waals surface area contributed by atoms with Gasteiger partial charge in [0.2, 0.25) is 11.8 Å². The van der Waals surface area contributed by atoms with Crippen molar-refractivity contribution in [1.29, 1.82) is 0 Å². The van der Waals surface area contributed by atoms with Crippen LogP contribution in [0.2, 0.25) is 5.02 Å². The molecule has 1 unspecified atom stereocenters. The Bertz CT molecular complexity index is 1350. The highest BCUT2D eigenvalue weighted by Crippen LogP contribution is 2.27. The maximum Gasteiger partial charge on any atom is 0.248 e. The first-order valence-electron chi connectivity index (χ1n) is 11.2. The smallest absolute Gasteiger partial charge is 0.248 e. The normalized spacial score (nSPS) is 11.8. The van der Waals surface area contributed by atoms with Crippen LogP contribution in [-0.2, 0) is 16.0 Å². The van der Waals surface area contributed by atoms with Crippen molar-refractivity contribution in [1.82, 2.24) is 14.8 Å². The summed E-state index contributed by atoms with van der Waals surface area (Å²) in [7, 11) is 0. The molecule has 2 amide bonds. The molecular weight excluding hydrogens is 466 g/mol. The largest absolute Gasteiger partial charge is 0.441 e. The fourth-order valence-electron chi connectivity index (χ4n) is 3.69. The van der Waals surface area contributed by atoms with Gasteiger partial charge in [0.25, 0.3) is 0 Å². The van der Waals surface area contributed by atoms with E-state index in [-0.39, 0.29) is 18.2 Å². The number of nitrogens with zero attached hydrogens (tertiary/aromatic N) is 3. The van der Waals surface area contributed by atoms with Crippen LogP contribution in [0.4, 0.5) is 11.4 Å². The summed E-state index contributed by atoms with van der Waals surface area (Å²) in [5, 5.41) is 10.3. The summed E-state index contributed by atoms with van der Waals surface area (Å²) in [6.07, 6.45) is 2.22. The molecule has 0 aliphatic carbocycles. The van der Waals surface area contributed by atoms with Crippen molar-refractivity contribution < 1.29 is 14.0 Å².